The highest BCUT2D eigenvalue weighted by Crippen LogP contribution is 2.06. The highest BCUT2D eigenvalue weighted by Gasteiger charge is 2.05. The standard InChI is InChI=1S/C8H14N2/c1-6-5-8(7(2)9)3-4-10-6/h3-7,10H,9H2,1-2H3. The molecule has 1 rings (SSSR count). The molecule has 2 atom stereocenters. The molecule has 0 aromatic heterocycles. The molecule has 2 unspecified atom stereocenters. The second kappa shape index (κ2) is 2.88. The Kier molecular flexibility index (Phi) is 2.12. The van der Waals surface area contributed by atoms with Gasteiger partial charge < -0.3 is 11.1 Å². The van der Waals surface area contributed by atoms with E-state index in [1.807, 2.05) is 19.2 Å². The molecular formula is C8H14N2. The Balaban J connectivity index is 2.66. The zero-order valence-corrected chi connectivity index (χ0v) is 6.46. The van der Waals surface area contributed by atoms with Gasteiger partial charge in [0.1, 0.15) is 0 Å². The van der Waals surface area contributed by atoms with Gasteiger partial charge in [-0.2, -0.15) is 0 Å². The van der Waals surface area contributed by atoms with Gasteiger partial charge in [-0.15, -0.1) is 0 Å². The summed E-state index contributed by atoms with van der Waals surface area (Å²) in [5, 5.41) is 3.15. The van der Waals surface area contributed by atoms with Gasteiger partial charge in [-0.3, -0.25) is 0 Å². The predicted octanol–water partition coefficient (Wildman–Crippen LogP) is 0.765. The third-order valence-electron chi connectivity index (χ3n) is 1.60. The van der Waals surface area contributed by atoms with Crippen LogP contribution >= 0.6 is 0 Å². The van der Waals surface area contributed by atoms with Crippen molar-refractivity contribution in [3.05, 3.63) is 23.9 Å². The van der Waals surface area contributed by atoms with E-state index in [0.29, 0.717) is 6.04 Å². The molecule has 0 aromatic rings. The van der Waals surface area contributed by atoms with Crippen molar-refractivity contribution in [2.45, 2.75) is 25.9 Å². The highest BCUT2D eigenvalue weighted by molar-refractivity contribution is 5.28. The summed E-state index contributed by atoms with van der Waals surface area (Å²) in [6.45, 7) is 4.10. The van der Waals surface area contributed by atoms with Crippen molar-refractivity contribution in [3.8, 4) is 0 Å². The minimum absolute atomic E-state index is 0.154. The molecule has 10 heavy (non-hydrogen) atoms. The number of rotatable bonds is 1. The summed E-state index contributed by atoms with van der Waals surface area (Å²) >= 11 is 0. The molecule has 0 radical (unpaired) electrons. The van der Waals surface area contributed by atoms with Crippen LogP contribution in [-0.2, 0) is 0 Å². The minimum atomic E-state index is 0.154. The Bertz CT molecular complexity index is 168. The van der Waals surface area contributed by atoms with Crippen LogP contribution in [0.1, 0.15) is 13.8 Å². The molecule has 2 heteroatoms. The summed E-state index contributed by atoms with van der Waals surface area (Å²) in [7, 11) is 0. The molecule has 56 valence electrons. The van der Waals surface area contributed by atoms with E-state index < -0.39 is 0 Å². The van der Waals surface area contributed by atoms with Gasteiger partial charge in [-0.05, 0) is 31.7 Å². The summed E-state index contributed by atoms with van der Waals surface area (Å²) in [6.07, 6.45) is 6.11. The maximum absolute atomic E-state index is 5.68. The second-order valence-corrected chi connectivity index (χ2v) is 2.74. The van der Waals surface area contributed by atoms with E-state index >= 15 is 0 Å². The Morgan fingerprint density at radius 2 is 2.40 bits per heavy atom. The van der Waals surface area contributed by atoms with Gasteiger partial charge in [0.2, 0.25) is 0 Å². The van der Waals surface area contributed by atoms with E-state index in [1.165, 1.54) is 5.57 Å². The quantitative estimate of drug-likeness (QED) is 0.561. The lowest BCUT2D eigenvalue weighted by atomic mass is 10.0. The van der Waals surface area contributed by atoms with Gasteiger partial charge in [0.05, 0.1) is 0 Å². The summed E-state index contributed by atoms with van der Waals surface area (Å²) < 4.78 is 0. The largest absolute Gasteiger partial charge is 0.385 e. The van der Waals surface area contributed by atoms with Crippen molar-refractivity contribution in [3.63, 3.8) is 0 Å². The van der Waals surface area contributed by atoms with Crippen molar-refractivity contribution in [1.82, 2.24) is 5.32 Å². The number of hydrogen-bond donors (Lipinski definition) is 2. The maximum Gasteiger partial charge on any atom is 0.0416 e. The Morgan fingerprint density at radius 3 is 2.80 bits per heavy atom. The molecule has 0 saturated heterocycles. The average molecular weight is 138 g/mol. The highest BCUT2D eigenvalue weighted by atomic mass is 14.9. The van der Waals surface area contributed by atoms with Crippen LogP contribution in [0, 0.1) is 0 Å². The van der Waals surface area contributed by atoms with Crippen LogP contribution in [0.2, 0.25) is 0 Å². The molecule has 0 aliphatic carbocycles. The number of nitrogens with one attached hydrogen (secondary N) is 1. The van der Waals surface area contributed by atoms with Crippen molar-refractivity contribution >= 4 is 0 Å². The summed E-state index contributed by atoms with van der Waals surface area (Å²) in [6, 6.07) is 0.576. The zero-order chi connectivity index (χ0) is 7.56. The van der Waals surface area contributed by atoms with Gasteiger partial charge in [0.15, 0.2) is 0 Å². The third-order valence-corrected chi connectivity index (χ3v) is 1.60. The number of nitrogens with two attached hydrogens (primary N) is 1. The van der Waals surface area contributed by atoms with Crippen LogP contribution < -0.4 is 11.1 Å². The van der Waals surface area contributed by atoms with Gasteiger partial charge >= 0.3 is 0 Å². The molecule has 0 amide bonds. The Labute approximate surface area is 61.8 Å². The molecule has 2 nitrogen and oxygen atoms in total. The molecule has 1 heterocycles. The van der Waals surface area contributed by atoms with Gasteiger partial charge in [0, 0.05) is 12.1 Å². The first-order valence-electron chi connectivity index (χ1n) is 3.60. The van der Waals surface area contributed by atoms with Crippen LogP contribution in [0.3, 0.4) is 0 Å². The van der Waals surface area contributed by atoms with Crippen LogP contribution in [0.15, 0.2) is 23.9 Å². The second-order valence-electron chi connectivity index (χ2n) is 2.74. The van der Waals surface area contributed by atoms with Crippen LogP contribution in [0.4, 0.5) is 0 Å². The molecule has 0 bridgehead atoms. The monoisotopic (exact) mass is 138 g/mol. The van der Waals surface area contributed by atoms with E-state index in [0.717, 1.165) is 0 Å². The normalized spacial score (nSPS) is 27.1. The van der Waals surface area contributed by atoms with Crippen LogP contribution in [0.25, 0.3) is 0 Å². The summed E-state index contributed by atoms with van der Waals surface area (Å²) in [5.41, 5.74) is 6.90. The van der Waals surface area contributed by atoms with E-state index in [1.54, 1.807) is 0 Å². The fourth-order valence-corrected chi connectivity index (χ4v) is 0.992. The zero-order valence-electron chi connectivity index (χ0n) is 6.46. The van der Waals surface area contributed by atoms with Gasteiger partial charge in [-0.25, -0.2) is 0 Å². The Hall–Kier alpha value is -0.760. The third kappa shape index (κ3) is 1.61. The topological polar surface area (TPSA) is 38.0 Å². The molecule has 3 N–H and O–H groups in total. The van der Waals surface area contributed by atoms with Crippen LogP contribution in [0.5, 0.6) is 0 Å². The predicted molar refractivity (Wildman–Crippen MR) is 43.5 cm³/mol. The van der Waals surface area contributed by atoms with Crippen molar-refractivity contribution in [1.29, 1.82) is 0 Å². The molecular weight excluding hydrogens is 124 g/mol. The lowest BCUT2D eigenvalue weighted by Gasteiger charge is -2.16. The fraction of sp³-hybridized carbons (Fsp3) is 0.500. The molecule has 0 spiro atoms. The molecule has 1 aliphatic heterocycles. The van der Waals surface area contributed by atoms with Crippen molar-refractivity contribution in [2.24, 2.45) is 5.73 Å². The van der Waals surface area contributed by atoms with Crippen LogP contribution in [-0.4, -0.2) is 12.1 Å². The molecule has 0 saturated carbocycles. The van der Waals surface area contributed by atoms with E-state index in [2.05, 4.69) is 18.3 Å². The molecule has 0 aromatic carbocycles. The first kappa shape index (κ1) is 7.35. The number of hydrogen-bond acceptors (Lipinski definition) is 2. The fourth-order valence-electron chi connectivity index (χ4n) is 0.992. The Morgan fingerprint density at radius 1 is 1.70 bits per heavy atom. The van der Waals surface area contributed by atoms with E-state index in [9.17, 15) is 0 Å². The van der Waals surface area contributed by atoms with Gasteiger partial charge in [0.25, 0.3) is 0 Å². The maximum atomic E-state index is 5.68. The molecule has 0 fully saturated rings. The first-order valence-corrected chi connectivity index (χ1v) is 3.60. The lowest BCUT2D eigenvalue weighted by Crippen LogP contribution is -2.26. The summed E-state index contributed by atoms with van der Waals surface area (Å²) in [4.78, 5) is 0. The lowest BCUT2D eigenvalue weighted by molar-refractivity contribution is 0.733. The SMILES string of the molecule is CC1C=C(C(C)N)C=CN1. The smallest absolute Gasteiger partial charge is 0.0416 e. The van der Waals surface area contributed by atoms with E-state index in [4.69, 9.17) is 5.73 Å². The average Bonchev–Trinajstić information content (AvgIpc) is 1.88. The molecule has 1 aliphatic rings. The summed E-state index contributed by atoms with van der Waals surface area (Å²) in [5.74, 6) is 0. The number of dihydropyridines is 1. The van der Waals surface area contributed by atoms with Gasteiger partial charge in [-0.1, -0.05) is 6.08 Å². The van der Waals surface area contributed by atoms with Crippen molar-refractivity contribution < 1.29 is 0 Å². The first-order chi connectivity index (χ1) is 4.70. The van der Waals surface area contributed by atoms with E-state index in [-0.39, 0.29) is 6.04 Å². The van der Waals surface area contributed by atoms with Crippen molar-refractivity contribution in [2.75, 3.05) is 0 Å². The minimum Gasteiger partial charge on any atom is -0.385 e.